The third-order valence-electron chi connectivity index (χ3n) is 4.37. The molecule has 0 spiro atoms. The molecule has 4 nitrogen and oxygen atoms in total. The van der Waals surface area contributed by atoms with E-state index in [9.17, 15) is 4.79 Å². The number of hydrogen-bond donors (Lipinski definition) is 0. The number of pyridine rings is 1. The van der Waals surface area contributed by atoms with Crippen LogP contribution >= 0.6 is 10.0 Å². The molecule has 0 saturated heterocycles. The van der Waals surface area contributed by atoms with Crippen LogP contribution in [0.3, 0.4) is 0 Å². The first kappa shape index (κ1) is 20.8. The fourth-order valence-corrected chi connectivity index (χ4v) is 3.32. The molecule has 3 rings (SSSR count). The van der Waals surface area contributed by atoms with Crippen molar-refractivity contribution >= 4 is 32.7 Å². The minimum absolute atomic E-state index is 0.140. The number of carbonyl (C=O) groups is 1. The van der Waals surface area contributed by atoms with Gasteiger partial charge < -0.3 is 9.64 Å². The highest BCUT2D eigenvalue weighted by Crippen LogP contribution is 2.34. The quantitative estimate of drug-likeness (QED) is 0.472. The van der Waals surface area contributed by atoms with Crippen molar-refractivity contribution in [2.45, 2.75) is 0 Å². The Hall–Kier alpha value is -2.97. The number of fused-ring (bicyclic) bond motifs is 1. The molecule has 0 saturated carbocycles. The first-order chi connectivity index (χ1) is 13.8. The fraction of sp³-hybridized carbons (Fsp3) is 0.250. The Kier molecular flexibility index (Phi) is 6.14. The van der Waals surface area contributed by atoms with Gasteiger partial charge in [0.15, 0.2) is 0 Å². The Labute approximate surface area is 174 Å². The normalized spacial score (nSPS) is 11.5. The zero-order valence-electron chi connectivity index (χ0n) is 17.5. The summed E-state index contributed by atoms with van der Waals surface area (Å²) in [6, 6.07) is 18.3. The third-order valence-corrected chi connectivity index (χ3v) is 5.08. The van der Waals surface area contributed by atoms with Crippen LogP contribution in [0, 0.1) is 11.2 Å². The number of benzene rings is 2. The van der Waals surface area contributed by atoms with E-state index in [0.29, 0.717) is 0 Å². The maximum absolute atomic E-state index is 11.7. The largest absolute Gasteiger partial charge is 0.468 e. The maximum Gasteiger partial charge on any atom is 0.325 e. The molecule has 2 aromatic carbocycles. The van der Waals surface area contributed by atoms with Crippen LogP contribution in [0.15, 0.2) is 54.6 Å². The van der Waals surface area contributed by atoms with Gasteiger partial charge in [0.1, 0.15) is 12.4 Å². The number of aromatic nitrogens is 1. The van der Waals surface area contributed by atoms with Crippen LogP contribution in [0.1, 0.15) is 5.56 Å². The highest BCUT2D eigenvalue weighted by atomic mass is 32.3. The Bertz CT molecular complexity index is 1090. The molecule has 0 aliphatic carbocycles. The van der Waals surface area contributed by atoms with Gasteiger partial charge in [-0.25, -0.2) is 4.98 Å². The van der Waals surface area contributed by atoms with Crippen LogP contribution in [0.25, 0.3) is 22.0 Å². The summed E-state index contributed by atoms with van der Waals surface area (Å²) < 4.78 is 4.79. The molecule has 150 valence electrons. The van der Waals surface area contributed by atoms with Crippen LogP contribution < -0.4 is 4.90 Å². The molecular weight excluding hydrogens is 380 g/mol. The molecule has 1 aromatic heterocycles. The van der Waals surface area contributed by atoms with Gasteiger partial charge in [-0.1, -0.05) is 36.3 Å². The van der Waals surface area contributed by atoms with E-state index in [1.165, 1.54) is 7.11 Å². The van der Waals surface area contributed by atoms with Crippen molar-refractivity contribution in [3.63, 3.8) is 0 Å². The summed E-state index contributed by atoms with van der Waals surface area (Å²) >= 11 is 0. The summed E-state index contributed by atoms with van der Waals surface area (Å²) in [6.45, 7) is 0.140. The van der Waals surface area contributed by atoms with Crippen LogP contribution in [-0.2, 0) is 9.53 Å². The molecule has 0 aliphatic heterocycles. The summed E-state index contributed by atoms with van der Waals surface area (Å²) in [4.78, 5) is 18.3. The van der Waals surface area contributed by atoms with E-state index >= 15 is 0 Å². The van der Waals surface area contributed by atoms with Gasteiger partial charge in [-0.15, -0.1) is 0 Å². The van der Waals surface area contributed by atoms with Crippen molar-refractivity contribution in [2.75, 3.05) is 44.4 Å². The van der Waals surface area contributed by atoms with Gasteiger partial charge >= 0.3 is 5.97 Å². The average molecular weight is 407 g/mol. The van der Waals surface area contributed by atoms with E-state index in [0.717, 1.165) is 33.4 Å². The number of esters is 1. The Morgan fingerprint density at radius 1 is 1.10 bits per heavy atom. The minimum atomic E-state index is -0.897. The zero-order chi connectivity index (χ0) is 21.0. The number of anilines is 1. The lowest BCUT2D eigenvalue weighted by Crippen LogP contribution is -2.27. The highest BCUT2D eigenvalue weighted by Gasteiger charge is 2.14. The zero-order valence-corrected chi connectivity index (χ0v) is 18.3. The number of hydrogen-bond acceptors (Lipinski definition) is 4. The topological polar surface area (TPSA) is 42.4 Å². The predicted molar refractivity (Wildman–Crippen MR) is 125 cm³/mol. The molecule has 1 heterocycles. The van der Waals surface area contributed by atoms with E-state index in [2.05, 4.69) is 48.1 Å². The smallest absolute Gasteiger partial charge is 0.325 e. The SMILES string of the molecule is COC(=O)CN(C)c1cc(-c2ccccc2)c2cc(C#CS(C)(C)C)ccc2n1. The number of carbonyl (C=O) groups excluding carboxylic acids is 1. The summed E-state index contributed by atoms with van der Waals surface area (Å²) in [5.74, 6) is 3.74. The van der Waals surface area contributed by atoms with E-state index < -0.39 is 10.0 Å². The second-order valence-electron chi connectivity index (χ2n) is 7.62. The van der Waals surface area contributed by atoms with Crippen LogP contribution in [0.5, 0.6) is 0 Å². The Morgan fingerprint density at radius 3 is 2.48 bits per heavy atom. The molecule has 0 amide bonds. The van der Waals surface area contributed by atoms with Crippen LogP contribution in [0.4, 0.5) is 5.82 Å². The number of likely N-dealkylation sites (N-methyl/N-ethyl adjacent to an activating group) is 1. The average Bonchev–Trinajstić information content (AvgIpc) is 2.71. The lowest BCUT2D eigenvalue weighted by molar-refractivity contribution is -0.138. The van der Waals surface area contributed by atoms with Crippen molar-refractivity contribution in [3.8, 4) is 22.3 Å². The van der Waals surface area contributed by atoms with E-state index in [-0.39, 0.29) is 12.5 Å². The van der Waals surface area contributed by atoms with Crippen molar-refractivity contribution < 1.29 is 9.53 Å². The van der Waals surface area contributed by atoms with Gasteiger partial charge in [-0.2, -0.15) is 10.0 Å². The van der Waals surface area contributed by atoms with Crippen molar-refractivity contribution in [2.24, 2.45) is 0 Å². The lowest BCUT2D eigenvalue weighted by Gasteiger charge is -2.19. The second kappa shape index (κ2) is 8.59. The Morgan fingerprint density at radius 2 is 1.83 bits per heavy atom. The molecule has 29 heavy (non-hydrogen) atoms. The van der Waals surface area contributed by atoms with Crippen LogP contribution in [0.2, 0.25) is 0 Å². The molecule has 3 aromatic rings. The van der Waals surface area contributed by atoms with Gasteiger partial charge in [-0.05, 0) is 59.4 Å². The number of nitrogens with zero attached hydrogens (tertiary/aromatic N) is 2. The van der Waals surface area contributed by atoms with Crippen molar-refractivity contribution in [1.29, 1.82) is 0 Å². The van der Waals surface area contributed by atoms with Gasteiger partial charge in [0.05, 0.1) is 12.6 Å². The monoisotopic (exact) mass is 406 g/mol. The van der Waals surface area contributed by atoms with Gasteiger partial charge in [-0.3, -0.25) is 4.79 Å². The molecule has 0 atom stereocenters. The molecule has 0 aliphatic rings. The van der Waals surface area contributed by atoms with Crippen LogP contribution in [-0.4, -0.2) is 50.4 Å². The molecule has 0 unspecified atom stereocenters. The van der Waals surface area contributed by atoms with E-state index in [4.69, 9.17) is 9.72 Å². The van der Waals surface area contributed by atoms with E-state index in [1.54, 1.807) is 4.90 Å². The van der Waals surface area contributed by atoms with Gasteiger partial charge in [0.2, 0.25) is 0 Å². The van der Waals surface area contributed by atoms with Gasteiger partial charge in [0.25, 0.3) is 0 Å². The summed E-state index contributed by atoms with van der Waals surface area (Å²) in [7, 11) is 2.33. The maximum atomic E-state index is 11.7. The molecule has 5 heteroatoms. The summed E-state index contributed by atoms with van der Waals surface area (Å²) in [5.41, 5.74) is 4.01. The van der Waals surface area contributed by atoms with Crippen molar-refractivity contribution in [1.82, 2.24) is 4.98 Å². The van der Waals surface area contributed by atoms with E-state index in [1.807, 2.05) is 43.4 Å². The standard InChI is InChI=1S/C24H26N2O2S/c1-26(17-24(27)28-2)23-16-20(19-9-7-6-8-10-19)21-15-18(11-12-22(21)25-23)13-14-29(3,4)5/h6-12,15-16H,17H2,1-5H3. The first-order valence-corrected chi connectivity index (χ1v) is 12.1. The molecule has 0 bridgehead atoms. The predicted octanol–water partition coefficient (Wildman–Crippen LogP) is 4.51. The summed E-state index contributed by atoms with van der Waals surface area (Å²) in [6.07, 6.45) is 6.55. The van der Waals surface area contributed by atoms with Gasteiger partial charge in [0, 0.05) is 18.0 Å². The highest BCUT2D eigenvalue weighted by molar-refractivity contribution is 8.35. The van der Waals surface area contributed by atoms with Crippen molar-refractivity contribution in [3.05, 3.63) is 60.2 Å². The number of ether oxygens (including phenoxy) is 1. The lowest BCUT2D eigenvalue weighted by atomic mass is 9.99. The molecule has 0 fully saturated rings. The molecule has 0 N–H and O–H groups in total. The third kappa shape index (κ3) is 5.30. The second-order valence-corrected chi connectivity index (χ2v) is 11.5. The number of methoxy groups -OCH3 is 1. The first-order valence-electron chi connectivity index (χ1n) is 9.26. The molecular formula is C24H26N2O2S. The fourth-order valence-electron chi connectivity index (χ4n) is 2.89. The Balaban J connectivity index is 2.16. The minimum Gasteiger partial charge on any atom is -0.468 e. The molecule has 0 radical (unpaired) electrons. The number of rotatable bonds is 4. The summed E-state index contributed by atoms with van der Waals surface area (Å²) in [5, 5.41) is 4.42.